The van der Waals surface area contributed by atoms with Crippen LogP contribution in [0.5, 0.6) is 17.2 Å². The lowest BCUT2D eigenvalue weighted by atomic mass is 9.94. The Hall–Kier alpha value is -4.27. The molecule has 170 valence electrons. The lowest BCUT2D eigenvalue weighted by Gasteiger charge is -2.27. The maximum Gasteiger partial charge on any atom is 0.294 e. The predicted molar refractivity (Wildman–Crippen MR) is 115 cm³/mol. The molecule has 3 aromatic rings. The molecule has 0 radical (unpaired) electrons. The van der Waals surface area contributed by atoms with Crippen LogP contribution >= 0.6 is 0 Å². The summed E-state index contributed by atoms with van der Waals surface area (Å²) in [7, 11) is 4.29. The number of amides is 1. The van der Waals surface area contributed by atoms with Gasteiger partial charge in [-0.25, -0.2) is 4.39 Å². The van der Waals surface area contributed by atoms with Crippen LogP contribution in [0, 0.1) is 5.82 Å². The van der Waals surface area contributed by atoms with Gasteiger partial charge in [0.2, 0.25) is 11.5 Å². The number of carbonyl (C=O) groups excluding carboxylic acids is 2. The Balaban J connectivity index is 1.96. The first-order valence-corrected chi connectivity index (χ1v) is 9.81. The van der Waals surface area contributed by atoms with Gasteiger partial charge in [0.15, 0.2) is 23.0 Å². The first-order valence-electron chi connectivity index (χ1n) is 9.81. The molecule has 0 saturated carbocycles. The highest BCUT2D eigenvalue weighted by molar-refractivity contribution is 6.20. The van der Waals surface area contributed by atoms with Crippen LogP contribution in [-0.2, 0) is 4.79 Å². The largest absolute Gasteiger partial charge is 0.503 e. The van der Waals surface area contributed by atoms with E-state index in [0.29, 0.717) is 11.3 Å². The summed E-state index contributed by atoms with van der Waals surface area (Å²) in [6, 6.07) is 10.2. The maximum atomic E-state index is 14.0. The van der Waals surface area contributed by atoms with Crippen LogP contribution in [-0.4, -0.2) is 38.1 Å². The molecule has 9 heteroatoms. The smallest absolute Gasteiger partial charge is 0.294 e. The molecule has 8 nitrogen and oxygen atoms in total. The molecule has 1 atom stereocenters. The molecule has 0 bridgehead atoms. The summed E-state index contributed by atoms with van der Waals surface area (Å²) in [5.74, 6) is -2.13. The van der Waals surface area contributed by atoms with Crippen LogP contribution in [0.4, 0.5) is 10.1 Å². The van der Waals surface area contributed by atoms with Crippen LogP contribution in [0.1, 0.15) is 22.2 Å². The molecule has 1 aliphatic heterocycles. The number of nitrogens with zero attached hydrogens (tertiary/aromatic N) is 1. The van der Waals surface area contributed by atoms with E-state index in [9.17, 15) is 19.1 Å². The number of anilines is 1. The summed E-state index contributed by atoms with van der Waals surface area (Å²) in [6.45, 7) is 0. The van der Waals surface area contributed by atoms with Crippen molar-refractivity contribution in [3.63, 3.8) is 0 Å². The summed E-state index contributed by atoms with van der Waals surface area (Å²) in [6.07, 6.45) is 1.31. The number of Topliss-reactive ketones (excluding diaryl/α,β-unsaturated/α-hetero) is 1. The first-order chi connectivity index (χ1) is 15.9. The molecule has 0 saturated heterocycles. The van der Waals surface area contributed by atoms with E-state index >= 15 is 0 Å². The molecule has 33 heavy (non-hydrogen) atoms. The van der Waals surface area contributed by atoms with Gasteiger partial charge in [0, 0.05) is 5.69 Å². The fourth-order valence-electron chi connectivity index (χ4n) is 3.84. The van der Waals surface area contributed by atoms with Gasteiger partial charge in [0.05, 0.1) is 39.2 Å². The zero-order valence-electron chi connectivity index (χ0n) is 18.0. The quantitative estimate of drug-likeness (QED) is 0.535. The Labute approximate surface area is 188 Å². The van der Waals surface area contributed by atoms with Crippen molar-refractivity contribution in [2.45, 2.75) is 6.04 Å². The van der Waals surface area contributed by atoms with Gasteiger partial charge in [-0.2, -0.15) is 0 Å². The molecule has 1 N–H and O–H groups in total. The van der Waals surface area contributed by atoms with E-state index in [2.05, 4.69) is 0 Å². The van der Waals surface area contributed by atoms with E-state index in [1.807, 2.05) is 0 Å². The summed E-state index contributed by atoms with van der Waals surface area (Å²) >= 11 is 0. The average Bonchev–Trinajstić information content (AvgIpc) is 3.45. The van der Waals surface area contributed by atoms with Crippen molar-refractivity contribution >= 4 is 17.4 Å². The second-order valence-electron chi connectivity index (χ2n) is 7.08. The zero-order chi connectivity index (χ0) is 23.7. The van der Waals surface area contributed by atoms with Crippen molar-refractivity contribution in [2.75, 3.05) is 26.2 Å². The van der Waals surface area contributed by atoms with Crippen molar-refractivity contribution in [3.8, 4) is 17.2 Å². The molecule has 1 unspecified atom stereocenters. The fraction of sp³-hybridized carbons (Fsp3) is 0.167. The number of hydrogen-bond donors (Lipinski definition) is 1. The number of rotatable bonds is 7. The van der Waals surface area contributed by atoms with Crippen LogP contribution in [0.2, 0.25) is 0 Å². The SMILES string of the molecule is COc1cc(C2C(C(=O)c3ccco3)=C(O)C(=O)N2c2cccc(F)c2)cc(OC)c1OC. The van der Waals surface area contributed by atoms with Crippen molar-refractivity contribution in [3.05, 3.63) is 83.3 Å². The summed E-state index contributed by atoms with van der Waals surface area (Å²) < 4.78 is 35.4. The highest BCUT2D eigenvalue weighted by Crippen LogP contribution is 2.47. The Morgan fingerprint density at radius 3 is 2.27 bits per heavy atom. The monoisotopic (exact) mass is 453 g/mol. The number of hydrogen-bond acceptors (Lipinski definition) is 7. The van der Waals surface area contributed by atoms with E-state index in [0.717, 1.165) is 11.0 Å². The number of methoxy groups -OCH3 is 3. The van der Waals surface area contributed by atoms with Gasteiger partial charge >= 0.3 is 0 Å². The first kappa shape index (κ1) is 21.9. The molecular weight excluding hydrogens is 433 g/mol. The molecular formula is C24H20FNO7. The van der Waals surface area contributed by atoms with Gasteiger partial charge in [-0.15, -0.1) is 0 Å². The number of ether oxygens (including phenoxy) is 3. The van der Waals surface area contributed by atoms with Gasteiger partial charge in [-0.1, -0.05) is 6.07 Å². The van der Waals surface area contributed by atoms with E-state index < -0.39 is 29.3 Å². The summed E-state index contributed by atoms with van der Waals surface area (Å²) in [5.41, 5.74) is 0.280. The third kappa shape index (κ3) is 3.67. The third-order valence-electron chi connectivity index (χ3n) is 5.29. The number of carbonyl (C=O) groups is 2. The van der Waals surface area contributed by atoms with Crippen molar-refractivity contribution in [2.24, 2.45) is 0 Å². The number of aliphatic hydroxyl groups excluding tert-OH is 1. The van der Waals surface area contributed by atoms with E-state index in [-0.39, 0.29) is 28.5 Å². The van der Waals surface area contributed by atoms with E-state index in [1.165, 1.54) is 57.9 Å². The van der Waals surface area contributed by atoms with Crippen LogP contribution < -0.4 is 19.1 Å². The Bertz CT molecular complexity index is 1220. The topological polar surface area (TPSA) is 98.4 Å². The van der Waals surface area contributed by atoms with Gasteiger partial charge in [0.1, 0.15) is 5.82 Å². The third-order valence-corrected chi connectivity index (χ3v) is 5.29. The molecule has 2 heterocycles. The summed E-state index contributed by atoms with van der Waals surface area (Å²) in [5, 5.41) is 10.8. The number of benzene rings is 2. The highest BCUT2D eigenvalue weighted by Gasteiger charge is 2.46. The van der Waals surface area contributed by atoms with E-state index in [1.54, 1.807) is 12.1 Å². The molecule has 1 aromatic heterocycles. The minimum absolute atomic E-state index is 0.0668. The van der Waals surface area contributed by atoms with Gasteiger partial charge in [-0.05, 0) is 48.0 Å². The zero-order valence-corrected chi connectivity index (χ0v) is 18.0. The van der Waals surface area contributed by atoms with Gasteiger partial charge < -0.3 is 23.7 Å². The molecule has 0 aliphatic carbocycles. The lowest BCUT2D eigenvalue weighted by Crippen LogP contribution is -2.31. The molecule has 2 aromatic carbocycles. The van der Waals surface area contributed by atoms with Crippen molar-refractivity contribution < 1.29 is 37.7 Å². The number of halogens is 1. The predicted octanol–water partition coefficient (Wildman–Crippen LogP) is 4.23. The molecule has 4 rings (SSSR count). The molecule has 0 fully saturated rings. The van der Waals surface area contributed by atoms with Gasteiger partial charge in [0.25, 0.3) is 5.91 Å². The second kappa shape index (κ2) is 8.70. The normalized spacial score (nSPS) is 15.7. The number of aliphatic hydroxyl groups is 1. The summed E-state index contributed by atoms with van der Waals surface area (Å²) in [4.78, 5) is 27.5. The Morgan fingerprint density at radius 1 is 1.03 bits per heavy atom. The Kier molecular flexibility index (Phi) is 5.78. The average molecular weight is 453 g/mol. The second-order valence-corrected chi connectivity index (χ2v) is 7.08. The molecule has 0 spiro atoms. The highest BCUT2D eigenvalue weighted by atomic mass is 19.1. The van der Waals surface area contributed by atoms with Crippen molar-refractivity contribution in [1.29, 1.82) is 0 Å². The standard InChI is InChI=1S/C24H20FNO7/c1-30-17-10-13(11-18(31-2)23(17)32-3)20-19(21(27)16-8-5-9-33-16)22(28)24(29)26(20)15-7-4-6-14(25)12-15/h4-12,20,28H,1-3H3. The number of furan rings is 1. The van der Waals surface area contributed by atoms with Gasteiger partial charge in [-0.3, -0.25) is 14.5 Å². The minimum atomic E-state index is -1.13. The minimum Gasteiger partial charge on any atom is -0.503 e. The molecule has 1 amide bonds. The number of ketones is 1. The van der Waals surface area contributed by atoms with E-state index in [4.69, 9.17) is 18.6 Å². The lowest BCUT2D eigenvalue weighted by molar-refractivity contribution is -0.117. The fourth-order valence-corrected chi connectivity index (χ4v) is 3.84. The maximum absolute atomic E-state index is 14.0. The van der Waals surface area contributed by atoms with Crippen molar-refractivity contribution in [1.82, 2.24) is 0 Å². The molecule has 1 aliphatic rings. The van der Waals surface area contributed by atoms with Crippen LogP contribution in [0.15, 0.2) is 70.5 Å². The Morgan fingerprint density at radius 2 is 1.73 bits per heavy atom. The van der Waals surface area contributed by atoms with Crippen LogP contribution in [0.25, 0.3) is 0 Å². The van der Waals surface area contributed by atoms with Crippen LogP contribution in [0.3, 0.4) is 0 Å².